The lowest BCUT2D eigenvalue weighted by Crippen LogP contribution is -2.48. The molecule has 3 rings (SSSR count). The van der Waals surface area contributed by atoms with Crippen LogP contribution >= 0.6 is 0 Å². The average Bonchev–Trinajstić information content (AvgIpc) is 2.68. The van der Waals surface area contributed by atoms with Crippen molar-refractivity contribution in [3.8, 4) is 5.75 Å². The van der Waals surface area contributed by atoms with Crippen LogP contribution in [0.1, 0.15) is 55.3 Å². The van der Waals surface area contributed by atoms with Crippen molar-refractivity contribution in [2.24, 2.45) is 5.92 Å². The first-order valence-corrected chi connectivity index (χ1v) is 9.41. The van der Waals surface area contributed by atoms with Gasteiger partial charge in [0.1, 0.15) is 5.75 Å². The van der Waals surface area contributed by atoms with Crippen LogP contribution in [0.2, 0.25) is 0 Å². The Bertz CT molecular complexity index is 603. The highest BCUT2D eigenvalue weighted by Crippen LogP contribution is 2.25. The number of nitrogens with zero attached hydrogens (tertiary/aromatic N) is 1. The molecule has 1 aliphatic heterocycles. The molecular formula is C20H28N2O3. The first kappa shape index (κ1) is 17.8. The van der Waals surface area contributed by atoms with Crippen molar-refractivity contribution in [2.75, 3.05) is 20.2 Å². The standard InChI is InChI=1S/C20H28N2O3/c1-25-18-10-6-5-9-17(18)20(24)22-13-11-16(12-14-22)21-19(23)15-7-3-2-4-8-15/h5-6,9-10,15-16H,2-4,7-8,11-14H2,1H3,(H,21,23). The van der Waals surface area contributed by atoms with Crippen LogP contribution in [-0.2, 0) is 4.79 Å². The minimum absolute atomic E-state index is 0.00880. The molecule has 0 atom stereocenters. The molecule has 0 aromatic heterocycles. The van der Waals surface area contributed by atoms with Crippen LogP contribution in [0.15, 0.2) is 24.3 Å². The molecule has 1 aliphatic carbocycles. The second kappa shape index (κ2) is 8.37. The van der Waals surface area contributed by atoms with Gasteiger partial charge in [-0.3, -0.25) is 9.59 Å². The van der Waals surface area contributed by atoms with Gasteiger partial charge in [0, 0.05) is 25.0 Å². The molecule has 2 aliphatic rings. The quantitative estimate of drug-likeness (QED) is 0.913. The number of carbonyl (C=O) groups is 2. The van der Waals surface area contributed by atoms with Crippen molar-refractivity contribution in [2.45, 2.75) is 51.0 Å². The van der Waals surface area contributed by atoms with E-state index in [2.05, 4.69) is 5.32 Å². The summed E-state index contributed by atoms with van der Waals surface area (Å²) in [5.74, 6) is 1.03. The van der Waals surface area contributed by atoms with Gasteiger partial charge < -0.3 is 15.0 Å². The largest absolute Gasteiger partial charge is 0.496 e. The first-order valence-electron chi connectivity index (χ1n) is 9.41. The summed E-state index contributed by atoms with van der Waals surface area (Å²) in [6, 6.07) is 7.52. The maximum atomic E-state index is 12.7. The van der Waals surface area contributed by atoms with Crippen LogP contribution in [0, 0.1) is 5.92 Å². The van der Waals surface area contributed by atoms with Crippen LogP contribution < -0.4 is 10.1 Å². The fourth-order valence-electron chi connectivity index (χ4n) is 3.90. The summed E-state index contributed by atoms with van der Waals surface area (Å²) >= 11 is 0. The van der Waals surface area contributed by atoms with Gasteiger partial charge in [-0.15, -0.1) is 0 Å². The molecule has 1 heterocycles. The lowest BCUT2D eigenvalue weighted by molar-refractivity contribution is -0.126. The fourth-order valence-corrected chi connectivity index (χ4v) is 3.90. The van der Waals surface area contributed by atoms with Crippen molar-refractivity contribution >= 4 is 11.8 Å². The van der Waals surface area contributed by atoms with Crippen molar-refractivity contribution in [1.29, 1.82) is 0 Å². The maximum absolute atomic E-state index is 12.7. The molecule has 1 N–H and O–H groups in total. The fraction of sp³-hybridized carbons (Fsp3) is 0.600. The maximum Gasteiger partial charge on any atom is 0.257 e. The zero-order valence-electron chi connectivity index (χ0n) is 15.0. The summed E-state index contributed by atoms with van der Waals surface area (Å²) in [6.45, 7) is 1.35. The van der Waals surface area contributed by atoms with E-state index in [-0.39, 0.29) is 23.8 Å². The van der Waals surface area contributed by atoms with Gasteiger partial charge in [0.05, 0.1) is 12.7 Å². The number of hydrogen-bond donors (Lipinski definition) is 1. The predicted molar refractivity (Wildman–Crippen MR) is 96.6 cm³/mol. The molecular weight excluding hydrogens is 316 g/mol. The molecule has 0 unspecified atom stereocenters. The molecule has 25 heavy (non-hydrogen) atoms. The summed E-state index contributed by atoms with van der Waals surface area (Å²) in [4.78, 5) is 27.0. The summed E-state index contributed by atoms with van der Waals surface area (Å²) < 4.78 is 5.29. The van der Waals surface area contributed by atoms with E-state index in [1.54, 1.807) is 13.2 Å². The molecule has 5 heteroatoms. The van der Waals surface area contributed by atoms with Gasteiger partial charge in [0.2, 0.25) is 5.91 Å². The van der Waals surface area contributed by atoms with Gasteiger partial charge >= 0.3 is 0 Å². The molecule has 1 aromatic rings. The number of piperidine rings is 1. The zero-order valence-corrected chi connectivity index (χ0v) is 15.0. The van der Waals surface area contributed by atoms with Crippen LogP contribution in [0.3, 0.4) is 0 Å². The van der Waals surface area contributed by atoms with E-state index in [1.807, 2.05) is 23.1 Å². The number of carbonyl (C=O) groups excluding carboxylic acids is 2. The smallest absolute Gasteiger partial charge is 0.257 e. The Labute approximate surface area is 149 Å². The molecule has 0 spiro atoms. The molecule has 1 saturated heterocycles. The van der Waals surface area contributed by atoms with Crippen LogP contribution in [0.4, 0.5) is 0 Å². The number of nitrogens with one attached hydrogen (secondary N) is 1. The number of amides is 2. The summed E-state index contributed by atoms with van der Waals surface area (Å²) in [7, 11) is 1.58. The van der Waals surface area contributed by atoms with E-state index in [9.17, 15) is 9.59 Å². The topological polar surface area (TPSA) is 58.6 Å². The number of para-hydroxylation sites is 1. The number of hydrogen-bond acceptors (Lipinski definition) is 3. The Morgan fingerprint density at radius 3 is 2.40 bits per heavy atom. The molecule has 1 aromatic carbocycles. The van der Waals surface area contributed by atoms with Gasteiger partial charge in [0.15, 0.2) is 0 Å². The third-order valence-corrected chi connectivity index (χ3v) is 5.44. The van der Waals surface area contributed by atoms with Crippen molar-refractivity contribution in [3.05, 3.63) is 29.8 Å². The van der Waals surface area contributed by atoms with E-state index in [0.29, 0.717) is 24.4 Å². The number of ether oxygens (including phenoxy) is 1. The van der Waals surface area contributed by atoms with E-state index < -0.39 is 0 Å². The number of rotatable bonds is 4. The number of methoxy groups -OCH3 is 1. The Kier molecular flexibility index (Phi) is 5.95. The SMILES string of the molecule is COc1ccccc1C(=O)N1CCC(NC(=O)C2CCCCC2)CC1. The highest BCUT2D eigenvalue weighted by atomic mass is 16.5. The van der Waals surface area contributed by atoms with Crippen molar-refractivity contribution in [3.63, 3.8) is 0 Å². The minimum Gasteiger partial charge on any atom is -0.496 e. The second-order valence-electron chi connectivity index (χ2n) is 7.11. The van der Waals surface area contributed by atoms with Gasteiger partial charge in [-0.05, 0) is 37.8 Å². The van der Waals surface area contributed by atoms with E-state index in [1.165, 1.54) is 19.3 Å². The van der Waals surface area contributed by atoms with Gasteiger partial charge in [-0.25, -0.2) is 0 Å². The van der Waals surface area contributed by atoms with Crippen molar-refractivity contribution in [1.82, 2.24) is 10.2 Å². The first-order chi connectivity index (χ1) is 12.2. The predicted octanol–water partition coefficient (Wildman–Crippen LogP) is 3.00. The summed E-state index contributed by atoms with van der Waals surface area (Å²) in [6.07, 6.45) is 7.29. The molecule has 1 saturated carbocycles. The number of likely N-dealkylation sites (tertiary alicyclic amines) is 1. The lowest BCUT2D eigenvalue weighted by Gasteiger charge is -2.33. The van der Waals surface area contributed by atoms with Gasteiger partial charge in [-0.1, -0.05) is 31.4 Å². The zero-order chi connectivity index (χ0) is 17.6. The summed E-state index contributed by atoms with van der Waals surface area (Å²) in [5.41, 5.74) is 0.606. The highest BCUT2D eigenvalue weighted by molar-refractivity contribution is 5.97. The third kappa shape index (κ3) is 4.33. The van der Waals surface area contributed by atoms with Gasteiger partial charge in [0.25, 0.3) is 5.91 Å². The average molecular weight is 344 g/mol. The van der Waals surface area contributed by atoms with E-state index in [4.69, 9.17) is 4.74 Å². The minimum atomic E-state index is 0.00880. The Balaban J connectivity index is 1.51. The monoisotopic (exact) mass is 344 g/mol. The van der Waals surface area contributed by atoms with Crippen LogP contribution in [0.5, 0.6) is 5.75 Å². The molecule has 0 radical (unpaired) electrons. The van der Waals surface area contributed by atoms with Crippen molar-refractivity contribution < 1.29 is 14.3 Å². The molecule has 0 bridgehead atoms. The number of benzene rings is 1. The Morgan fingerprint density at radius 1 is 1.04 bits per heavy atom. The van der Waals surface area contributed by atoms with Gasteiger partial charge in [-0.2, -0.15) is 0 Å². The summed E-state index contributed by atoms with van der Waals surface area (Å²) in [5, 5.41) is 3.21. The van der Waals surface area contributed by atoms with Crippen LogP contribution in [0.25, 0.3) is 0 Å². The molecule has 2 fully saturated rings. The lowest BCUT2D eigenvalue weighted by atomic mass is 9.88. The second-order valence-corrected chi connectivity index (χ2v) is 7.11. The third-order valence-electron chi connectivity index (χ3n) is 5.44. The van der Waals surface area contributed by atoms with E-state index in [0.717, 1.165) is 25.7 Å². The Hall–Kier alpha value is -2.04. The van der Waals surface area contributed by atoms with Crippen LogP contribution in [-0.4, -0.2) is 43.0 Å². The van der Waals surface area contributed by atoms with E-state index >= 15 is 0 Å². The molecule has 5 nitrogen and oxygen atoms in total. The normalized spacial score (nSPS) is 19.5. The molecule has 2 amide bonds. The highest BCUT2D eigenvalue weighted by Gasteiger charge is 2.28. The molecule has 136 valence electrons. The Morgan fingerprint density at radius 2 is 1.72 bits per heavy atom.